The van der Waals surface area contributed by atoms with Gasteiger partial charge in [-0.3, -0.25) is 9.59 Å². The van der Waals surface area contributed by atoms with Crippen molar-refractivity contribution in [1.82, 2.24) is 15.0 Å². The van der Waals surface area contributed by atoms with E-state index in [1.165, 1.54) is 4.68 Å². The molecule has 7 nitrogen and oxygen atoms in total. The number of nitrogens with one attached hydrogen (secondary N) is 1. The Hall–Kier alpha value is -2.70. The molecule has 21 heavy (non-hydrogen) atoms. The molecular formula is C14H16N4O3. The van der Waals surface area contributed by atoms with E-state index in [1.807, 2.05) is 31.2 Å². The molecule has 0 unspecified atom stereocenters. The first-order valence-corrected chi connectivity index (χ1v) is 6.50. The molecule has 1 heterocycles. The molecule has 2 aromatic rings. The second-order valence-corrected chi connectivity index (χ2v) is 4.72. The van der Waals surface area contributed by atoms with Crippen molar-refractivity contribution in [1.29, 1.82) is 0 Å². The molecule has 2 N–H and O–H groups in total. The molecular weight excluding hydrogens is 272 g/mol. The number of rotatable bonds is 6. The first-order valence-electron chi connectivity index (χ1n) is 6.50. The number of benzene rings is 1. The van der Waals surface area contributed by atoms with Crippen LogP contribution in [-0.4, -0.2) is 32.0 Å². The Morgan fingerprint density at radius 2 is 2.00 bits per heavy atom. The number of aryl methyl sites for hydroxylation is 2. The number of aliphatic carboxylic acids is 1. The van der Waals surface area contributed by atoms with E-state index in [9.17, 15) is 9.59 Å². The van der Waals surface area contributed by atoms with Crippen molar-refractivity contribution in [2.24, 2.45) is 0 Å². The lowest BCUT2D eigenvalue weighted by Crippen LogP contribution is -2.19. The maximum atomic E-state index is 11.8. The number of hydrogen-bond acceptors (Lipinski definition) is 4. The Labute approximate surface area is 121 Å². The van der Waals surface area contributed by atoms with Crippen molar-refractivity contribution >= 4 is 17.6 Å². The third kappa shape index (κ3) is 4.72. The standard InChI is InChI=1S/C14H16N4O3/c1-10-2-4-11(5-3-10)15-13(19)9-18-8-12(16-17-18)6-7-14(20)21/h2-5,8H,6-7,9H2,1H3,(H,15,19)(H,20,21). The first kappa shape index (κ1) is 14.7. The van der Waals surface area contributed by atoms with Crippen LogP contribution in [0.5, 0.6) is 0 Å². The maximum Gasteiger partial charge on any atom is 0.303 e. The van der Waals surface area contributed by atoms with Crippen LogP contribution in [0.1, 0.15) is 17.7 Å². The van der Waals surface area contributed by atoms with Crippen LogP contribution in [0.3, 0.4) is 0 Å². The Kier molecular flexibility index (Phi) is 4.65. The van der Waals surface area contributed by atoms with E-state index in [2.05, 4.69) is 15.6 Å². The van der Waals surface area contributed by atoms with Crippen molar-refractivity contribution in [3.63, 3.8) is 0 Å². The van der Waals surface area contributed by atoms with Crippen LogP contribution in [-0.2, 0) is 22.6 Å². The fourth-order valence-corrected chi connectivity index (χ4v) is 1.75. The van der Waals surface area contributed by atoms with Gasteiger partial charge in [-0.25, -0.2) is 4.68 Å². The quantitative estimate of drug-likeness (QED) is 0.833. The number of amides is 1. The van der Waals surface area contributed by atoms with E-state index in [1.54, 1.807) is 6.20 Å². The van der Waals surface area contributed by atoms with Gasteiger partial charge in [0.05, 0.1) is 12.1 Å². The molecule has 110 valence electrons. The molecule has 0 spiro atoms. The van der Waals surface area contributed by atoms with Crippen molar-refractivity contribution in [2.45, 2.75) is 26.3 Å². The van der Waals surface area contributed by atoms with Gasteiger partial charge >= 0.3 is 5.97 Å². The summed E-state index contributed by atoms with van der Waals surface area (Å²) in [5.41, 5.74) is 2.39. The number of carboxylic acid groups (broad SMARTS) is 1. The summed E-state index contributed by atoms with van der Waals surface area (Å²) in [6.45, 7) is 2.01. The van der Waals surface area contributed by atoms with Gasteiger partial charge in [0.1, 0.15) is 6.54 Å². The van der Waals surface area contributed by atoms with Gasteiger partial charge in [0.15, 0.2) is 0 Å². The fraction of sp³-hybridized carbons (Fsp3) is 0.286. The van der Waals surface area contributed by atoms with E-state index < -0.39 is 5.97 Å². The minimum Gasteiger partial charge on any atom is -0.481 e. The van der Waals surface area contributed by atoms with Gasteiger partial charge < -0.3 is 10.4 Å². The van der Waals surface area contributed by atoms with E-state index in [-0.39, 0.29) is 18.9 Å². The Bertz CT molecular complexity index is 634. The summed E-state index contributed by atoms with van der Waals surface area (Å²) >= 11 is 0. The lowest BCUT2D eigenvalue weighted by molar-refractivity contribution is -0.137. The molecule has 0 aliphatic heterocycles. The highest BCUT2D eigenvalue weighted by atomic mass is 16.4. The van der Waals surface area contributed by atoms with Crippen LogP contribution in [0.15, 0.2) is 30.5 Å². The predicted octanol–water partition coefficient (Wildman–Crippen LogP) is 1.24. The highest BCUT2D eigenvalue weighted by molar-refractivity contribution is 5.90. The summed E-state index contributed by atoms with van der Waals surface area (Å²) in [4.78, 5) is 22.3. The Morgan fingerprint density at radius 1 is 1.29 bits per heavy atom. The van der Waals surface area contributed by atoms with Gasteiger partial charge in [-0.15, -0.1) is 5.10 Å². The zero-order valence-corrected chi connectivity index (χ0v) is 11.6. The highest BCUT2D eigenvalue weighted by Crippen LogP contribution is 2.08. The van der Waals surface area contributed by atoms with Crippen LogP contribution in [0.2, 0.25) is 0 Å². The van der Waals surface area contributed by atoms with Crippen molar-refractivity contribution in [3.8, 4) is 0 Å². The smallest absolute Gasteiger partial charge is 0.303 e. The summed E-state index contributed by atoms with van der Waals surface area (Å²) < 4.78 is 1.39. The molecule has 7 heteroatoms. The number of nitrogens with zero attached hydrogens (tertiary/aromatic N) is 3. The molecule has 0 saturated carbocycles. The summed E-state index contributed by atoms with van der Waals surface area (Å²) in [7, 11) is 0. The number of carboxylic acids is 1. The summed E-state index contributed by atoms with van der Waals surface area (Å²) in [5, 5.41) is 19.0. The van der Waals surface area contributed by atoms with Crippen LogP contribution in [0, 0.1) is 6.92 Å². The molecule has 0 radical (unpaired) electrons. The van der Waals surface area contributed by atoms with Gasteiger partial charge in [-0.1, -0.05) is 22.9 Å². The van der Waals surface area contributed by atoms with Crippen LogP contribution >= 0.6 is 0 Å². The molecule has 1 aromatic heterocycles. The van der Waals surface area contributed by atoms with Crippen molar-refractivity contribution in [3.05, 3.63) is 41.7 Å². The highest BCUT2D eigenvalue weighted by Gasteiger charge is 2.07. The average molecular weight is 288 g/mol. The molecule has 0 atom stereocenters. The Balaban J connectivity index is 1.87. The number of aromatic nitrogens is 3. The maximum absolute atomic E-state index is 11.8. The summed E-state index contributed by atoms with van der Waals surface area (Å²) in [6, 6.07) is 7.48. The molecule has 1 aromatic carbocycles. The average Bonchev–Trinajstić information content (AvgIpc) is 2.86. The number of carbonyl (C=O) groups is 2. The predicted molar refractivity (Wildman–Crippen MR) is 75.8 cm³/mol. The SMILES string of the molecule is Cc1ccc(NC(=O)Cn2cc(CCC(=O)O)nn2)cc1. The van der Waals surface area contributed by atoms with E-state index in [4.69, 9.17) is 5.11 Å². The van der Waals surface area contributed by atoms with Crippen molar-refractivity contribution < 1.29 is 14.7 Å². The molecule has 2 rings (SSSR count). The van der Waals surface area contributed by atoms with Crippen LogP contribution in [0.25, 0.3) is 0 Å². The van der Waals surface area contributed by atoms with Crippen LogP contribution in [0.4, 0.5) is 5.69 Å². The monoisotopic (exact) mass is 288 g/mol. The molecule has 0 bridgehead atoms. The minimum absolute atomic E-state index is 0.00570. The number of hydrogen-bond donors (Lipinski definition) is 2. The molecule has 1 amide bonds. The lowest BCUT2D eigenvalue weighted by atomic mass is 10.2. The van der Waals surface area contributed by atoms with E-state index >= 15 is 0 Å². The fourth-order valence-electron chi connectivity index (χ4n) is 1.75. The van der Waals surface area contributed by atoms with Gasteiger partial charge in [-0.2, -0.15) is 0 Å². The summed E-state index contributed by atoms with van der Waals surface area (Å²) in [5.74, 6) is -1.10. The second-order valence-electron chi connectivity index (χ2n) is 4.72. The third-order valence-electron chi connectivity index (χ3n) is 2.82. The summed E-state index contributed by atoms with van der Waals surface area (Å²) in [6.07, 6.45) is 1.88. The first-order chi connectivity index (χ1) is 10.0. The molecule has 0 aliphatic carbocycles. The normalized spacial score (nSPS) is 10.3. The van der Waals surface area contributed by atoms with Gasteiger partial charge in [0.2, 0.25) is 5.91 Å². The Morgan fingerprint density at radius 3 is 2.67 bits per heavy atom. The topological polar surface area (TPSA) is 97.1 Å². The largest absolute Gasteiger partial charge is 0.481 e. The molecule has 0 aliphatic rings. The van der Waals surface area contributed by atoms with Gasteiger partial charge in [0, 0.05) is 18.3 Å². The zero-order chi connectivity index (χ0) is 15.2. The van der Waals surface area contributed by atoms with Gasteiger partial charge in [0.25, 0.3) is 0 Å². The van der Waals surface area contributed by atoms with Gasteiger partial charge in [-0.05, 0) is 19.1 Å². The zero-order valence-electron chi connectivity index (χ0n) is 11.6. The van der Waals surface area contributed by atoms with E-state index in [0.29, 0.717) is 12.1 Å². The minimum atomic E-state index is -0.887. The molecule has 0 saturated heterocycles. The van der Waals surface area contributed by atoms with Crippen molar-refractivity contribution in [2.75, 3.05) is 5.32 Å². The lowest BCUT2D eigenvalue weighted by Gasteiger charge is -2.05. The number of carbonyl (C=O) groups excluding carboxylic acids is 1. The van der Waals surface area contributed by atoms with Crippen LogP contribution < -0.4 is 5.32 Å². The van der Waals surface area contributed by atoms with E-state index in [0.717, 1.165) is 11.3 Å². The third-order valence-corrected chi connectivity index (χ3v) is 2.82. The second kappa shape index (κ2) is 6.65. The number of anilines is 1. The molecule has 0 fully saturated rings.